The predicted octanol–water partition coefficient (Wildman–Crippen LogP) is 3.31. The fourth-order valence-electron chi connectivity index (χ4n) is 1.39. The molecule has 0 aliphatic rings. The van der Waals surface area contributed by atoms with E-state index in [0.717, 1.165) is 17.8 Å². The molecular formula is C12H10F4O3S. The summed E-state index contributed by atoms with van der Waals surface area (Å²) < 4.78 is 56.2. The number of carbonyl (C=O) groups is 2. The molecule has 0 aliphatic heterocycles. The molecule has 0 radical (unpaired) electrons. The third kappa shape index (κ3) is 3.50. The van der Waals surface area contributed by atoms with E-state index in [1.54, 1.807) is 0 Å². The summed E-state index contributed by atoms with van der Waals surface area (Å²) in [6, 6.07) is 1.48. The van der Waals surface area contributed by atoms with Gasteiger partial charge in [-0.05, 0) is 25.3 Å². The summed E-state index contributed by atoms with van der Waals surface area (Å²) in [6.07, 6.45) is -3.49. The first-order valence-corrected chi connectivity index (χ1v) is 6.61. The van der Waals surface area contributed by atoms with Crippen LogP contribution in [0, 0.1) is 5.82 Å². The molecule has 3 nitrogen and oxygen atoms in total. The van der Waals surface area contributed by atoms with E-state index in [0.29, 0.717) is 6.07 Å². The summed E-state index contributed by atoms with van der Waals surface area (Å²) in [5.41, 5.74) is -2.53. The lowest BCUT2D eigenvalue weighted by Crippen LogP contribution is -2.21. The Morgan fingerprint density at radius 2 is 1.90 bits per heavy atom. The van der Waals surface area contributed by atoms with E-state index in [-0.39, 0.29) is 11.5 Å². The number of hydrogen-bond donors (Lipinski definition) is 0. The van der Waals surface area contributed by atoms with Crippen LogP contribution in [0.25, 0.3) is 0 Å². The normalized spacial score (nSPS) is 11.3. The van der Waals surface area contributed by atoms with E-state index in [1.165, 1.54) is 13.2 Å². The molecule has 0 aliphatic carbocycles. The fourth-order valence-corrected chi connectivity index (χ4v) is 1.87. The van der Waals surface area contributed by atoms with Gasteiger partial charge in [0.2, 0.25) is 0 Å². The number of halogens is 4. The Labute approximate surface area is 116 Å². The van der Waals surface area contributed by atoms with Crippen molar-refractivity contribution in [1.29, 1.82) is 0 Å². The predicted molar refractivity (Wildman–Crippen MR) is 64.1 cm³/mol. The second kappa shape index (κ2) is 6.25. The Bertz CT molecular complexity index is 540. The molecule has 0 spiro atoms. The maximum atomic E-state index is 13.8. The molecule has 1 rings (SSSR count). The van der Waals surface area contributed by atoms with Gasteiger partial charge < -0.3 is 4.74 Å². The van der Waals surface area contributed by atoms with Crippen LogP contribution in [0.3, 0.4) is 0 Å². The molecule has 0 saturated carbocycles. The summed E-state index contributed by atoms with van der Waals surface area (Å²) in [5.74, 6) is -4.60. The fraction of sp³-hybridized carbons (Fsp3) is 0.333. The number of carbonyl (C=O) groups excluding carboxylic acids is 2. The molecule has 0 aromatic heterocycles. The summed E-state index contributed by atoms with van der Waals surface area (Å²) in [6.45, 7) is 1.28. The number of ketones is 1. The number of hydrogen-bond acceptors (Lipinski definition) is 4. The summed E-state index contributed by atoms with van der Waals surface area (Å²) in [7, 11) is 0. The van der Waals surface area contributed by atoms with Gasteiger partial charge in [-0.1, -0.05) is 0 Å². The van der Waals surface area contributed by atoms with E-state index >= 15 is 0 Å². The molecule has 0 saturated heterocycles. The molecule has 0 bridgehead atoms. The highest BCUT2D eigenvalue weighted by Gasteiger charge is 2.37. The summed E-state index contributed by atoms with van der Waals surface area (Å²) in [4.78, 5) is 22.9. The van der Waals surface area contributed by atoms with Crippen LogP contribution in [0.5, 0.6) is 0 Å². The maximum Gasteiger partial charge on any atom is 0.419 e. The molecule has 0 unspecified atom stereocenters. The van der Waals surface area contributed by atoms with Gasteiger partial charge in [-0.25, -0.2) is 9.18 Å². The number of thioether (sulfide) groups is 1. The van der Waals surface area contributed by atoms with Crippen LogP contribution < -0.4 is 0 Å². The number of rotatable bonds is 4. The molecule has 1 aromatic rings. The average Bonchev–Trinajstić information content (AvgIpc) is 2.37. The first-order chi connectivity index (χ1) is 9.22. The number of Topliss-reactive ketones (excluding diaryl/α,β-unsaturated/α-hetero) is 1. The lowest BCUT2D eigenvalue weighted by Gasteiger charge is -2.12. The van der Waals surface area contributed by atoms with E-state index in [2.05, 4.69) is 4.74 Å². The Hall–Kier alpha value is -1.57. The van der Waals surface area contributed by atoms with Crippen molar-refractivity contribution in [3.8, 4) is 0 Å². The molecular weight excluding hydrogens is 300 g/mol. The molecule has 0 atom stereocenters. The quantitative estimate of drug-likeness (QED) is 0.281. The lowest BCUT2D eigenvalue weighted by atomic mass is 10.1. The van der Waals surface area contributed by atoms with Gasteiger partial charge in [0, 0.05) is 4.90 Å². The zero-order valence-electron chi connectivity index (χ0n) is 10.5. The van der Waals surface area contributed by atoms with Gasteiger partial charge in [-0.15, -0.1) is 11.8 Å². The smallest absolute Gasteiger partial charge is 0.419 e. The van der Waals surface area contributed by atoms with E-state index in [1.807, 2.05) is 0 Å². The van der Waals surface area contributed by atoms with Crippen LogP contribution in [0.1, 0.15) is 22.8 Å². The third-order valence-electron chi connectivity index (χ3n) is 2.29. The van der Waals surface area contributed by atoms with Crippen LogP contribution in [-0.2, 0) is 15.7 Å². The molecule has 20 heavy (non-hydrogen) atoms. The van der Waals surface area contributed by atoms with Gasteiger partial charge >= 0.3 is 12.1 Å². The van der Waals surface area contributed by atoms with Crippen LogP contribution >= 0.6 is 11.8 Å². The van der Waals surface area contributed by atoms with Gasteiger partial charge in [0.05, 0.1) is 17.7 Å². The topological polar surface area (TPSA) is 43.4 Å². The minimum Gasteiger partial charge on any atom is -0.460 e. The number of benzene rings is 1. The van der Waals surface area contributed by atoms with Crippen molar-refractivity contribution >= 4 is 23.5 Å². The summed E-state index contributed by atoms with van der Waals surface area (Å²) >= 11 is 0.893. The number of alkyl halides is 3. The van der Waals surface area contributed by atoms with Crippen LogP contribution in [0.2, 0.25) is 0 Å². The summed E-state index contributed by atoms with van der Waals surface area (Å²) in [5, 5.41) is 0. The van der Waals surface area contributed by atoms with E-state index in [4.69, 9.17) is 0 Å². The minimum atomic E-state index is -4.96. The first kappa shape index (κ1) is 16.5. The second-order valence-corrected chi connectivity index (χ2v) is 4.46. The average molecular weight is 310 g/mol. The minimum absolute atomic E-state index is 0.0198. The number of esters is 1. The van der Waals surface area contributed by atoms with Crippen molar-refractivity contribution in [3.05, 3.63) is 29.1 Å². The largest absolute Gasteiger partial charge is 0.460 e. The van der Waals surface area contributed by atoms with Crippen molar-refractivity contribution in [1.82, 2.24) is 0 Å². The van der Waals surface area contributed by atoms with Crippen molar-refractivity contribution in [2.75, 3.05) is 12.9 Å². The highest BCUT2D eigenvalue weighted by atomic mass is 32.2. The first-order valence-electron chi connectivity index (χ1n) is 5.38. The Morgan fingerprint density at radius 3 is 2.35 bits per heavy atom. The highest BCUT2D eigenvalue weighted by molar-refractivity contribution is 7.98. The van der Waals surface area contributed by atoms with Gasteiger partial charge in [0.1, 0.15) is 5.82 Å². The lowest BCUT2D eigenvalue weighted by molar-refractivity contribution is -0.140. The van der Waals surface area contributed by atoms with Gasteiger partial charge in [-0.3, -0.25) is 4.79 Å². The third-order valence-corrected chi connectivity index (χ3v) is 3.00. The van der Waals surface area contributed by atoms with Gasteiger partial charge in [0.25, 0.3) is 5.78 Å². The molecule has 8 heteroatoms. The van der Waals surface area contributed by atoms with E-state index in [9.17, 15) is 27.2 Å². The van der Waals surface area contributed by atoms with Crippen molar-refractivity contribution in [3.63, 3.8) is 0 Å². The molecule has 110 valence electrons. The van der Waals surface area contributed by atoms with Gasteiger partial charge in [0.15, 0.2) is 0 Å². The number of ether oxygens (including phenoxy) is 1. The Kier molecular flexibility index (Phi) is 5.15. The zero-order chi connectivity index (χ0) is 15.5. The molecule has 0 N–H and O–H groups in total. The second-order valence-electron chi connectivity index (χ2n) is 3.58. The van der Waals surface area contributed by atoms with Crippen LogP contribution in [0.4, 0.5) is 17.6 Å². The van der Waals surface area contributed by atoms with Crippen molar-refractivity contribution < 1.29 is 31.9 Å². The van der Waals surface area contributed by atoms with Gasteiger partial charge in [-0.2, -0.15) is 13.2 Å². The van der Waals surface area contributed by atoms with Crippen LogP contribution in [0.15, 0.2) is 17.0 Å². The maximum absolute atomic E-state index is 13.8. The van der Waals surface area contributed by atoms with Crippen LogP contribution in [-0.4, -0.2) is 24.6 Å². The van der Waals surface area contributed by atoms with Crippen molar-refractivity contribution in [2.45, 2.75) is 18.0 Å². The molecule has 1 aromatic carbocycles. The Balaban J connectivity index is 3.40. The molecule has 0 heterocycles. The SMILES string of the molecule is CCOC(=O)C(=O)c1cc(SC)cc(C(F)(F)F)c1F. The standard InChI is InChI=1S/C12H10F4O3S/c1-3-19-11(18)10(17)7-4-6(20-2)5-8(9(7)13)12(14,15)16/h4-5H,3H2,1-2H3. The van der Waals surface area contributed by atoms with Crippen molar-refractivity contribution in [2.24, 2.45) is 0 Å². The Morgan fingerprint density at radius 1 is 1.30 bits per heavy atom. The zero-order valence-corrected chi connectivity index (χ0v) is 11.3. The highest BCUT2D eigenvalue weighted by Crippen LogP contribution is 2.35. The monoisotopic (exact) mass is 310 g/mol. The molecule has 0 fully saturated rings. The molecule has 0 amide bonds. The van der Waals surface area contributed by atoms with E-state index < -0.39 is 34.9 Å².